The molecule has 8 heteroatoms. The highest BCUT2D eigenvalue weighted by Gasteiger charge is 2.13. The van der Waals surface area contributed by atoms with Crippen LogP contribution in [-0.4, -0.2) is 31.9 Å². The largest absolute Gasteiger partial charge is 0.325 e. The van der Waals surface area contributed by atoms with Gasteiger partial charge in [0.2, 0.25) is 5.91 Å². The summed E-state index contributed by atoms with van der Waals surface area (Å²) in [5, 5.41) is 13.9. The molecule has 1 aromatic heterocycles. The minimum atomic E-state index is -0.462. The summed E-state index contributed by atoms with van der Waals surface area (Å²) in [5.74, 6) is 0.141. The van der Waals surface area contributed by atoms with Crippen LogP contribution in [0.3, 0.4) is 0 Å². The average Bonchev–Trinajstić information content (AvgIpc) is 3.30. The standard InChI is InChI=1S/C19H18FN5OS/c1-12-22-23-24-25(12)18-10-15(6-8-17(18)20)21-19(26)11-27-16-7-5-13-3-2-4-14(13)9-16/h5-10H,2-4,11H2,1H3,(H,21,26). The quantitative estimate of drug-likeness (QED) is 0.684. The number of anilines is 1. The molecule has 1 heterocycles. The smallest absolute Gasteiger partial charge is 0.234 e. The van der Waals surface area contributed by atoms with Crippen molar-refractivity contribution in [3.05, 3.63) is 59.2 Å². The summed E-state index contributed by atoms with van der Waals surface area (Å²) in [6.45, 7) is 1.68. The monoisotopic (exact) mass is 383 g/mol. The first-order valence-corrected chi connectivity index (χ1v) is 9.68. The summed E-state index contributed by atoms with van der Waals surface area (Å²) >= 11 is 1.50. The lowest BCUT2D eigenvalue weighted by Crippen LogP contribution is -2.14. The van der Waals surface area contributed by atoms with Crippen molar-refractivity contribution in [3.63, 3.8) is 0 Å². The first-order chi connectivity index (χ1) is 13.1. The van der Waals surface area contributed by atoms with Crippen LogP contribution in [0.5, 0.6) is 0 Å². The predicted octanol–water partition coefficient (Wildman–Crippen LogP) is 3.33. The number of nitrogens with zero attached hydrogens (tertiary/aromatic N) is 4. The molecule has 1 N–H and O–H groups in total. The van der Waals surface area contributed by atoms with Crippen LogP contribution in [0.1, 0.15) is 23.4 Å². The molecule has 0 saturated carbocycles. The van der Waals surface area contributed by atoms with Crippen molar-refractivity contribution >= 4 is 23.4 Å². The second-order valence-electron chi connectivity index (χ2n) is 6.43. The highest BCUT2D eigenvalue weighted by molar-refractivity contribution is 8.00. The lowest BCUT2D eigenvalue weighted by molar-refractivity contribution is -0.113. The first-order valence-electron chi connectivity index (χ1n) is 8.69. The Kier molecular flexibility index (Phi) is 4.89. The van der Waals surface area contributed by atoms with Crippen LogP contribution in [-0.2, 0) is 17.6 Å². The Morgan fingerprint density at radius 2 is 2.07 bits per heavy atom. The lowest BCUT2D eigenvalue weighted by Gasteiger charge is -2.09. The van der Waals surface area contributed by atoms with Crippen molar-refractivity contribution in [2.24, 2.45) is 0 Å². The molecule has 0 fully saturated rings. The second-order valence-corrected chi connectivity index (χ2v) is 7.47. The fourth-order valence-electron chi connectivity index (χ4n) is 3.19. The third-order valence-electron chi connectivity index (χ3n) is 4.52. The number of amides is 1. The zero-order valence-electron chi connectivity index (χ0n) is 14.8. The number of thioether (sulfide) groups is 1. The Balaban J connectivity index is 1.42. The molecule has 1 aliphatic rings. The van der Waals surface area contributed by atoms with Gasteiger partial charge >= 0.3 is 0 Å². The van der Waals surface area contributed by atoms with Crippen LogP contribution in [0.2, 0.25) is 0 Å². The maximum absolute atomic E-state index is 14.1. The zero-order chi connectivity index (χ0) is 18.8. The Bertz CT molecular complexity index is 1000. The molecule has 0 spiro atoms. The summed E-state index contributed by atoms with van der Waals surface area (Å²) in [6, 6.07) is 10.7. The number of rotatable bonds is 5. The highest BCUT2D eigenvalue weighted by Crippen LogP contribution is 2.27. The maximum Gasteiger partial charge on any atom is 0.234 e. The number of halogens is 1. The number of aryl methyl sites for hydroxylation is 3. The van der Waals surface area contributed by atoms with Crippen LogP contribution in [0.15, 0.2) is 41.3 Å². The van der Waals surface area contributed by atoms with Gasteiger partial charge in [-0.1, -0.05) is 6.07 Å². The summed E-state index contributed by atoms with van der Waals surface area (Å²) < 4.78 is 15.4. The minimum absolute atomic E-state index is 0.147. The number of hydrogen-bond acceptors (Lipinski definition) is 5. The molecule has 0 radical (unpaired) electrons. The molecule has 1 aliphatic carbocycles. The van der Waals surface area contributed by atoms with Crippen molar-refractivity contribution in [3.8, 4) is 5.69 Å². The number of benzene rings is 2. The van der Waals surface area contributed by atoms with Gasteiger partial charge in [0, 0.05) is 10.6 Å². The van der Waals surface area contributed by atoms with Gasteiger partial charge in [0.25, 0.3) is 0 Å². The van der Waals surface area contributed by atoms with E-state index in [9.17, 15) is 9.18 Å². The van der Waals surface area contributed by atoms with E-state index in [4.69, 9.17) is 0 Å². The SMILES string of the molecule is Cc1nnnn1-c1cc(NC(=O)CSc2ccc3c(c2)CCC3)ccc1F. The summed E-state index contributed by atoms with van der Waals surface area (Å²) in [7, 11) is 0. The van der Waals surface area contributed by atoms with Crippen molar-refractivity contribution in [1.29, 1.82) is 0 Å². The normalized spacial score (nSPS) is 12.8. The molecule has 0 atom stereocenters. The summed E-state index contributed by atoms with van der Waals surface area (Å²) in [6.07, 6.45) is 3.47. The zero-order valence-corrected chi connectivity index (χ0v) is 15.6. The number of carbonyl (C=O) groups is 1. The summed E-state index contributed by atoms with van der Waals surface area (Å²) in [5.41, 5.74) is 3.50. The predicted molar refractivity (Wildman–Crippen MR) is 102 cm³/mol. The average molecular weight is 383 g/mol. The van der Waals surface area contributed by atoms with E-state index in [-0.39, 0.29) is 17.3 Å². The van der Waals surface area contributed by atoms with Crippen molar-refractivity contribution < 1.29 is 9.18 Å². The van der Waals surface area contributed by atoms with E-state index in [1.54, 1.807) is 6.92 Å². The molecule has 3 aromatic rings. The molecule has 1 amide bonds. The van der Waals surface area contributed by atoms with E-state index in [0.29, 0.717) is 11.5 Å². The Labute approximate surface area is 160 Å². The van der Waals surface area contributed by atoms with Gasteiger partial charge in [-0.3, -0.25) is 4.79 Å². The van der Waals surface area contributed by atoms with E-state index in [1.165, 1.54) is 52.2 Å². The number of carbonyl (C=O) groups excluding carboxylic acids is 1. The van der Waals surface area contributed by atoms with Crippen LogP contribution < -0.4 is 5.32 Å². The van der Waals surface area contributed by atoms with Crippen LogP contribution in [0.4, 0.5) is 10.1 Å². The van der Waals surface area contributed by atoms with Gasteiger partial charge in [-0.2, -0.15) is 4.68 Å². The second kappa shape index (κ2) is 7.48. The molecule has 6 nitrogen and oxygen atoms in total. The third kappa shape index (κ3) is 3.85. The fraction of sp³-hybridized carbons (Fsp3) is 0.263. The molecule has 0 bridgehead atoms. The van der Waals surface area contributed by atoms with Crippen molar-refractivity contribution in [2.75, 3.05) is 11.1 Å². The van der Waals surface area contributed by atoms with Crippen LogP contribution in [0.25, 0.3) is 5.69 Å². The molecule has 138 valence electrons. The van der Waals surface area contributed by atoms with E-state index < -0.39 is 5.82 Å². The number of tetrazole rings is 1. The van der Waals surface area contributed by atoms with Gasteiger partial charge in [0.15, 0.2) is 5.82 Å². The Morgan fingerprint density at radius 1 is 1.22 bits per heavy atom. The molecule has 27 heavy (non-hydrogen) atoms. The van der Waals surface area contributed by atoms with E-state index >= 15 is 0 Å². The number of fused-ring (bicyclic) bond motifs is 1. The van der Waals surface area contributed by atoms with Gasteiger partial charge < -0.3 is 5.32 Å². The van der Waals surface area contributed by atoms with Gasteiger partial charge in [0.05, 0.1) is 5.75 Å². The maximum atomic E-state index is 14.1. The van der Waals surface area contributed by atoms with Crippen LogP contribution >= 0.6 is 11.8 Å². The van der Waals surface area contributed by atoms with E-state index in [1.807, 2.05) is 0 Å². The van der Waals surface area contributed by atoms with E-state index in [0.717, 1.165) is 17.7 Å². The fourth-order valence-corrected chi connectivity index (χ4v) is 3.95. The van der Waals surface area contributed by atoms with Crippen molar-refractivity contribution in [2.45, 2.75) is 31.1 Å². The molecule has 4 rings (SSSR count). The number of aromatic nitrogens is 4. The lowest BCUT2D eigenvalue weighted by atomic mass is 10.1. The number of nitrogens with one attached hydrogen (secondary N) is 1. The van der Waals surface area contributed by atoms with Crippen LogP contribution in [0, 0.1) is 12.7 Å². The Hall–Kier alpha value is -2.74. The molecule has 0 unspecified atom stereocenters. The minimum Gasteiger partial charge on any atom is -0.325 e. The number of hydrogen-bond donors (Lipinski definition) is 1. The van der Waals surface area contributed by atoms with Gasteiger partial charge in [-0.15, -0.1) is 16.9 Å². The Morgan fingerprint density at radius 3 is 2.89 bits per heavy atom. The molecular formula is C19H18FN5OS. The topological polar surface area (TPSA) is 72.7 Å². The molecule has 2 aromatic carbocycles. The van der Waals surface area contributed by atoms with Crippen molar-refractivity contribution in [1.82, 2.24) is 20.2 Å². The molecule has 0 aliphatic heterocycles. The summed E-state index contributed by atoms with van der Waals surface area (Å²) in [4.78, 5) is 13.4. The van der Waals surface area contributed by atoms with Gasteiger partial charge in [-0.05, 0) is 78.1 Å². The molecular weight excluding hydrogens is 365 g/mol. The van der Waals surface area contributed by atoms with Gasteiger partial charge in [-0.25, -0.2) is 4.39 Å². The first kappa shape index (κ1) is 17.7. The third-order valence-corrected chi connectivity index (χ3v) is 5.52. The van der Waals surface area contributed by atoms with Gasteiger partial charge in [0.1, 0.15) is 11.5 Å². The van der Waals surface area contributed by atoms with E-state index in [2.05, 4.69) is 39.0 Å². The molecule has 0 saturated heterocycles. The highest BCUT2D eigenvalue weighted by atomic mass is 32.2.